The maximum absolute atomic E-state index is 12.4. The minimum atomic E-state index is -4.40. The van der Waals surface area contributed by atoms with Crippen LogP contribution in [0.5, 0.6) is 0 Å². The van der Waals surface area contributed by atoms with Gasteiger partial charge in [-0.1, -0.05) is 18.7 Å². The molecule has 1 aromatic heterocycles. The summed E-state index contributed by atoms with van der Waals surface area (Å²) in [4.78, 5) is 4.10. The minimum Gasteiger partial charge on any atom is -0.442 e. The Morgan fingerprint density at radius 2 is 1.89 bits per heavy atom. The lowest BCUT2D eigenvalue weighted by Crippen LogP contribution is -2.09. The zero-order chi connectivity index (χ0) is 13.9. The van der Waals surface area contributed by atoms with Gasteiger partial charge in [0.05, 0.1) is 11.3 Å². The van der Waals surface area contributed by atoms with Crippen molar-refractivity contribution in [1.82, 2.24) is 4.98 Å². The zero-order valence-electron chi connectivity index (χ0n) is 10.4. The molecule has 0 spiro atoms. The third-order valence-electron chi connectivity index (χ3n) is 2.43. The quantitative estimate of drug-likeness (QED) is 0.751. The van der Waals surface area contributed by atoms with Gasteiger partial charge in [0.25, 0.3) is 0 Å². The summed E-state index contributed by atoms with van der Waals surface area (Å²) in [5, 5.41) is 0. The van der Waals surface area contributed by atoms with E-state index in [0.29, 0.717) is 17.2 Å². The van der Waals surface area contributed by atoms with Crippen LogP contribution in [0.15, 0.2) is 34.8 Å². The van der Waals surface area contributed by atoms with Gasteiger partial charge < -0.3 is 4.42 Å². The Bertz CT molecular complexity index is 487. The fourth-order valence-corrected chi connectivity index (χ4v) is 1.21. The Morgan fingerprint density at radius 3 is 2.28 bits per heavy atom. The number of aromatic nitrogens is 1. The molecular formula is C13H14F3NO. The molecule has 0 radical (unpaired) electrons. The molecule has 0 bridgehead atoms. The predicted molar refractivity (Wildman–Crippen MR) is 64.0 cm³/mol. The number of oxazole rings is 1. The van der Waals surface area contributed by atoms with E-state index in [-0.39, 0.29) is 0 Å². The topological polar surface area (TPSA) is 26.0 Å². The molecule has 0 aromatic carbocycles. The van der Waals surface area contributed by atoms with Gasteiger partial charge in [-0.05, 0) is 26.8 Å². The lowest BCUT2D eigenvalue weighted by molar-refractivity contribution is -0.0881. The molecule has 0 saturated carbocycles. The summed E-state index contributed by atoms with van der Waals surface area (Å²) in [5.74, 6) is 0.980. The number of aryl methyl sites for hydroxylation is 2. The van der Waals surface area contributed by atoms with Gasteiger partial charge in [-0.15, -0.1) is 0 Å². The van der Waals surface area contributed by atoms with E-state index < -0.39 is 11.7 Å². The molecule has 5 heteroatoms. The van der Waals surface area contributed by atoms with Gasteiger partial charge in [-0.25, -0.2) is 4.98 Å². The number of alkyl halides is 3. The number of halogens is 3. The van der Waals surface area contributed by atoms with Gasteiger partial charge in [0.1, 0.15) is 5.76 Å². The minimum absolute atomic E-state index is 0.326. The van der Waals surface area contributed by atoms with Crippen molar-refractivity contribution >= 4 is 5.57 Å². The van der Waals surface area contributed by atoms with Crippen LogP contribution in [0.3, 0.4) is 0 Å². The highest BCUT2D eigenvalue weighted by atomic mass is 19.4. The van der Waals surface area contributed by atoms with Gasteiger partial charge in [0.2, 0.25) is 5.89 Å². The number of hydrogen-bond acceptors (Lipinski definition) is 2. The summed E-state index contributed by atoms with van der Waals surface area (Å²) in [7, 11) is 0. The Balaban J connectivity index is 3.03. The SMILES string of the molecule is C=C/C(=C\C=C(/C)c1nc(C)c(C)o1)C(F)(F)F. The highest BCUT2D eigenvalue weighted by Gasteiger charge is 2.30. The molecule has 2 nitrogen and oxygen atoms in total. The molecule has 0 fully saturated rings. The van der Waals surface area contributed by atoms with Crippen LogP contribution in [0, 0.1) is 13.8 Å². The van der Waals surface area contributed by atoms with Crippen LogP contribution < -0.4 is 0 Å². The van der Waals surface area contributed by atoms with Crippen molar-refractivity contribution < 1.29 is 17.6 Å². The van der Waals surface area contributed by atoms with Crippen molar-refractivity contribution in [3.8, 4) is 0 Å². The standard InChI is InChI=1S/C13H14F3NO/c1-5-11(13(14,15)16)7-6-8(2)12-17-9(3)10(4)18-12/h5-7H,1H2,2-4H3/b8-6+,11-7+. The summed E-state index contributed by atoms with van der Waals surface area (Å²) in [6.07, 6.45) is -1.36. The average molecular weight is 257 g/mol. The molecule has 0 N–H and O–H groups in total. The number of nitrogens with zero attached hydrogens (tertiary/aromatic N) is 1. The van der Waals surface area contributed by atoms with E-state index in [1.807, 2.05) is 0 Å². The van der Waals surface area contributed by atoms with Crippen LogP contribution in [-0.4, -0.2) is 11.2 Å². The van der Waals surface area contributed by atoms with Crippen LogP contribution in [0.25, 0.3) is 5.57 Å². The smallest absolute Gasteiger partial charge is 0.416 e. The molecule has 1 aromatic rings. The summed E-state index contributed by atoms with van der Waals surface area (Å²) < 4.78 is 42.6. The second-order valence-electron chi connectivity index (χ2n) is 3.83. The summed E-state index contributed by atoms with van der Waals surface area (Å²) in [5.41, 5.74) is 0.443. The Hall–Kier alpha value is -1.78. The van der Waals surface area contributed by atoms with Crippen molar-refractivity contribution in [2.45, 2.75) is 26.9 Å². The van der Waals surface area contributed by atoms with Crippen molar-refractivity contribution in [1.29, 1.82) is 0 Å². The lowest BCUT2D eigenvalue weighted by Gasteiger charge is -2.05. The fourth-order valence-electron chi connectivity index (χ4n) is 1.21. The first-order valence-electron chi connectivity index (χ1n) is 5.28. The van der Waals surface area contributed by atoms with E-state index in [1.54, 1.807) is 20.8 Å². The molecule has 0 aliphatic heterocycles. The van der Waals surface area contributed by atoms with E-state index in [9.17, 15) is 13.2 Å². The molecule has 1 rings (SSSR count). The predicted octanol–water partition coefficient (Wildman–Crippen LogP) is 4.37. The Labute approximate surface area is 104 Å². The van der Waals surface area contributed by atoms with Gasteiger partial charge in [0.15, 0.2) is 0 Å². The summed E-state index contributed by atoms with van der Waals surface area (Å²) in [6.45, 7) is 8.30. The van der Waals surface area contributed by atoms with Crippen LogP contribution in [0.2, 0.25) is 0 Å². The first-order chi connectivity index (χ1) is 8.25. The van der Waals surface area contributed by atoms with Crippen LogP contribution in [0.4, 0.5) is 13.2 Å². The second-order valence-corrected chi connectivity index (χ2v) is 3.83. The molecule has 0 amide bonds. The molecular weight excluding hydrogens is 243 g/mol. The largest absolute Gasteiger partial charge is 0.442 e. The van der Waals surface area contributed by atoms with Gasteiger partial charge in [0, 0.05) is 5.57 Å². The third kappa shape index (κ3) is 3.35. The Morgan fingerprint density at radius 1 is 1.28 bits per heavy atom. The number of allylic oxidation sites excluding steroid dienone is 5. The van der Waals surface area contributed by atoms with E-state index in [1.165, 1.54) is 6.08 Å². The molecule has 0 aliphatic carbocycles. The van der Waals surface area contributed by atoms with Gasteiger partial charge >= 0.3 is 6.18 Å². The molecule has 98 valence electrons. The maximum atomic E-state index is 12.4. The first-order valence-corrected chi connectivity index (χ1v) is 5.28. The highest BCUT2D eigenvalue weighted by Crippen LogP contribution is 2.27. The van der Waals surface area contributed by atoms with Crippen LogP contribution >= 0.6 is 0 Å². The molecule has 0 saturated heterocycles. The van der Waals surface area contributed by atoms with E-state index in [4.69, 9.17) is 4.42 Å². The van der Waals surface area contributed by atoms with Crippen molar-refractivity contribution in [3.63, 3.8) is 0 Å². The fraction of sp³-hybridized carbons (Fsp3) is 0.308. The van der Waals surface area contributed by atoms with Crippen molar-refractivity contribution in [3.05, 3.63) is 47.7 Å². The van der Waals surface area contributed by atoms with Crippen LogP contribution in [0.1, 0.15) is 24.3 Å². The van der Waals surface area contributed by atoms with E-state index in [0.717, 1.165) is 17.8 Å². The molecule has 0 aliphatic rings. The second kappa shape index (κ2) is 5.25. The molecule has 1 heterocycles. The summed E-state index contributed by atoms with van der Waals surface area (Å²) >= 11 is 0. The van der Waals surface area contributed by atoms with Gasteiger partial charge in [-0.3, -0.25) is 0 Å². The monoisotopic (exact) mass is 257 g/mol. The van der Waals surface area contributed by atoms with Crippen molar-refractivity contribution in [2.75, 3.05) is 0 Å². The normalized spacial score (nSPS) is 13.9. The van der Waals surface area contributed by atoms with Crippen molar-refractivity contribution in [2.24, 2.45) is 0 Å². The zero-order valence-corrected chi connectivity index (χ0v) is 10.4. The van der Waals surface area contributed by atoms with E-state index >= 15 is 0 Å². The van der Waals surface area contributed by atoms with Gasteiger partial charge in [-0.2, -0.15) is 13.2 Å². The third-order valence-corrected chi connectivity index (χ3v) is 2.43. The Kier molecular flexibility index (Phi) is 4.16. The summed E-state index contributed by atoms with van der Waals surface area (Å²) in [6, 6.07) is 0. The number of rotatable bonds is 3. The molecule has 0 unspecified atom stereocenters. The highest BCUT2D eigenvalue weighted by molar-refractivity contribution is 5.59. The average Bonchev–Trinajstić information content (AvgIpc) is 2.58. The first kappa shape index (κ1) is 14.3. The lowest BCUT2D eigenvalue weighted by atomic mass is 10.2. The van der Waals surface area contributed by atoms with E-state index in [2.05, 4.69) is 11.6 Å². The maximum Gasteiger partial charge on any atom is 0.416 e. The molecule has 18 heavy (non-hydrogen) atoms. The van der Waals surface area contributed by atoms with Crippen LogP contribution in [-0.2, 0) is 0 Å². The number of hydrogen-bond donors (Lipinski definition) is 0. The molecule has 0 atom stereocenters.